The number of carbonyl (C=O) groups excluding carboxylic acids is 3. The Balaban J connectivity index is 3.78. The molecule has 0 N–H and O–H groups in total. The molecule has 0 saturated carbocycles. The van der Waals surface area contributed by atoms with Gasteiger partial charge in [-0.2, -0.15) is 0 Å². The largest absolute Gasteiger partial charge is 0.465 e. The Hall–Kier alpha value is -2.48. The van der Waals surface area contributed by atoms with Crippen LogP contribution in [-0.2, 0) is 33.7 Å². The topological polar surface area (TPSA) is 104 Å². The lowest BCUT2D eigenvalue weighted by Crippen LogP contribution is -2.25. The van der Waals surface area contributed by atoms with Gasteiger partial charge in [0, 0.05) is 0 Å². The third kappa shape index (κ3) is 3.84. The lowest BCUT2D eigenvalue weighted by Gasteiger charge is -2.11. The van der Waals surface area contributed by atoms with Crippen molar-refractivity contribution in [3.05, 3.63) is 40.3 Å². The average molecular weight is 340 g/mol. The van der Waals surface area contributed by atoms with Gasteiger partial charge >= 0.3 is 11.9 Å². The number of benzene rings is 1. The third-order valence-electron chi connectivity index (χ3n) is 2.94. The fourth-order valence-corrected chi connectivity index (χ4v) is 3.30. The van der Waals surface area contributed by atoms with Crippen LogP contribution in [0.25, 0.3) is 0 Å². The minimum absolute atomic E-state index is 0.244. The first-order valence-corrected chi connectivity index (χ1v) is 7.88. The second kappa shape index (κ2) is 7.19. The van der Waals surface area contributed by atoms with Gasteiger partial charge in [0.05, 0.1) is 19.1 Å². The molecule has 0 unspecified atom stereocenters. The van der Waals surface area contributed by atoms with Gasteiger partial charge in [-0.1, -0.05) is 17.7 Å². The maximum atomic E-state index is 12.7. The van der Waals surface area contributed by atoms with E-state index in [1.54, 1.807) is 6.92 Å². The van der Waals surface area contributed by atoms with Crippen molar-refractivity contribution in [2.75, 3.05) is 14.2 Å². The van der Waals surface area contributed by atoms with Crippen LogP contribution in [0.5, 0.6) is 0 Å². The van der Waals surface area contributed by atoms with Crippen molar-refractivity contribution in [3.8, 4) is 0 Å². The van der Waals surface area contributed by atoms with Crippen LogP contribution >= 0.6 is 0 Å². The molecule has 7 nitrogen and oxygen atoms in total. The fraction of sp³-hybridized carbons (Fsp3) is 0.267. The Morgan fingerprint density at radius 2 is 1.39 bits per heavy atom. The van der Waals surface area contributed by atoms with Crippen LogP contribution in [0, 0.1) is 6.92 Å². The molecular formula is C15H16O7S. The minimum Gasteiger partial charge on any atom is -0.465 e. The van der Waals surface area contributed by atoms with E-state index in [9.17, 15) is 22.8 Å². The summed E-state index contributed by atoms with van der Waals surface area (Å²) in [4.78, 5) is 34.1. The van der Waals surface area contributed by atoms with Crippen molar-refractivity contribution in [2.45, 2.75) is 18.7 Å². The zero-order valence-electron chi connectivity index (χ0n) is 13.1. The van der Waals surface area contributed by atoms with E-state index in [1.165, 1.54) is 24.3 Å². The fourth-order valence-electron chi connectivity index (χ4n) is 1.77. The Morgan fingerprint density at radius 1 is 0.913 bits per heavy atom. The number of ether oxygens (including phenoxy) is 2. The monoisotopic (exact) mass is 340 g/mol. The van der Waals surface area contributed by atoms with Crippen LogP contribution in [0.3, 0.4) is 0 Å². The highest BCUT2D eigenvalue weighted by atomic mass is 32.2. The molecule has 0 fully saturated rings. The summed E-state index contributed by atoms with van der Waals surface area (Å²) in [6.07, 6.45) is 0. The lowest BCUT2D eigenvalue weighted by molar-refractivity contribution is -0.140. The predicted molar refractivity (Wildman–Crippen MR) is 80.1 cm³/mol. The Labute approximate surface area is 133 Å². The molecule has 0 aliphatic rings. The lowest BCUT2D eigenvalue weighted by atomic mass is 10.2. The second-order valence-corrected chi connectivity index (χ2v) is 6.45. The van der Waals surface area contributed by atoms with Crippen LogP contribution in [0.1, 0.15) is 12.5 Å². The van der Waals surface area contributed by atoms with Gasteiger partial charge < -0.3 is 9.47 Å². The summed E-state index contributed by atoms with van der Waals surface area (Å²) >= 11 is 0. The second-order valence-electron chi connectivity index (χ2n) is 4.56. The highest BCUT2D eigenvalue weighted by Crippen LogP contribution is 2.25. The maximum absolute atomic E-state index is 12.7. The predicted octanol–water partition coefficient (Wildman–Crippen LogP) is 0.958. The molecule has 23 heavy (non-hydrogen) atoms. The van der Waals surface area contributed by atoms with E-state index in [2.05, 4.69) is 9.47 Å². The molecule has 0 atom stereocenters. The standard InChI is InChI=1S/C15H16O7S/c1-9-5-7-11(8-6-9)23(19,20)13(15(18)22-4)12(10(2)16)14(17)21-3/h5-8H,1-4H3/b13-12-. The summed E-state index contributed by atoms with van der Waals surface area (Å²) in [5, 5.41) is 0. The van der Waals surface area contributed by atoms with Crippen molar-refractivity contribution < 1.29 is 32.3 Å². The molecule has 1 aromatic carbocycles. The van der Waals surface area contributed by atoms with Crippen molar-refractivity contribution in [3.63, 3.8) is 0 Å². The number of hydrogen-bond acceptors (Lipinski definition) is 7. The molecule has 0 amide bonds. The molecule has 0 heterocycles. The number of aryl methyl sites for hydroxylation is 1. The van der Waals surface area contributed by atoms with Gasteiger partial charge in [-0.25, -0.2) is 18.0 Å². The van der Waals surface area contributed by atoms with Crippen LogP contribution in [0.2, 0.25) is 0 Å². The number of rotatable bonds is 5. The number of ketones is 1. The molecule has 1 aromatic rings. The highest BCUT2D eigenvalue weighted by Gasteiger charge is 2.36. The maximum Gasteiger partial charge on any atom is 0.350 e. The zero-order chi connectivity index (χ0) is 17.8. The molecule has 0 aromatic heterocycles. The Bertz CT molecular complexity index is 771. The number of methoxy groups -OCH3 is 2. The molecule has 124 valence electrons. The number of carbonyl (C=O) groups is 3. The molecule has 0 radical (unpaired) electrons. The van der Waals surface area contributed by atoms with E-state index in [0.717, 1.165) is 26.7 Å². The number of esters is 2. The molecule has 0 aliphatic carbocycles. The van der Waals surface area contributed by atoms with Crippen LogP contribution in [0.4, 0.5) is 0 Å². The van der Waals surface area contributed by atoms with Crippen molar-refractivity contribution >= 4 is 27.6 Å². The SMILES string of the molecule is COC(=O)/C(C(C)=O)=C(/C(=O)OC)S(=O)(=O)c1ccc(C)cc1. The van der Waals surface area contributed by atoms with Gasteiger partial charge in [0.25, 0.3) is 0 Å². The molecule has 0 bridgehead atoms. The normalized spacial score (nSPS) is 12.2. The summed E-state index contributed by atoms with van der Waals surface area (Å²) in [6.45, 7) is 2.71. The van der Waals surface area contributed by atoms with Gasteiger partial charge in [-0.15, -0.1) is 0 Å². The first-order valence-electron chi connectivity index (χ1n) is 6.40. The molecule has 0 spiro atoms. The van der Waals surface area contributed by atoms with Crippen molar-refractivity contribution in [2.24, 2.45) is 0 Å². The smallest absolute Gasteiger partial charge is 0.350 e. The van der Waals surface area contributed by atoms with Crippen LogP contribution in [-0.4, -0.2) is 40.4 Å². The van der Waals surface area contributed by atoms with E-state index in [1.807, 2.05) is 0 Å². The zero-order valence-corrected chi connectivity index (χ0v) is 13.9. The third-order valence-corrected chi connectivity index (χ3v) is 4.74. The first kappa shape index (κ1) is 18.6. The number of sulfone groups is 1. The van der Waals surface area contributed by atoms with E-state index in [0.29, 0.717) is 0 Å². The van der Waals surface area contributed by atoms with Crippen LogP contribution in [0.15, 0.2) is 39.6 Å². The van der Waals surface area contributed by atoms with Gasteiger partial charge in [-0.3, -0.25) is 4.79 Å². The van der Waals surface area contributed by atoms with Gasteiger partial charge in [0.1, 0.15) is 5.57 Å². The summed E-state index contributed by atoms with van der Waals surface area (Å²) in [7, 11) is -2.53. The summed E-state index contributed by atoms with van der Waals surface area (Å²) in [5.41, 5.74) is -0.0766. The van der Waals surface area contributed by atoms with Gasteiger partial charge in [0.2, 0.25) is 9.84 Å². The summed E-state index contributed by atoms with van der Waals surface area (Å²) < 4.78 is 34.2. The highest BCUT2D eigenvalue weighted by molar-refractivity contribution is 7.96. The number of hydrogen-bond donors (Lipinski definition) is 0. The van der Waals surface area contributed by atoms with Gasteiger partial charge in [0.15, 0.2) is 10.7 Å². The van der Waals surface area contributed by atoms with Crippen molar-refractivity contribution in [1.29, 1.82) is 0 Å². The van der Waals surface area contributed by atoms with E-state index in [-0.39, 0.29) is 4.90 Å². The molecule has 0 aliphatic heterocycles. The van der Waals surface area contributed by atoms with Crippen molar-refractivity contribution in [1.82, 2.24) is 0 Å². The molecule has 8 heteroatoms. The Morgan fingerprint density at radius 3 is 1.78 bits per heavy atom. The van der Waals surface area contributed by atoms with Gasteiger partial charge in [-0.05, 0) is 26.0 Å². The minimum atomic E-state index is -4.45. The molecule has 1 rings (SSSR count). The average Bonchev–Trinajstić information content (AvgIpc) is 2.50. The van der Waals surface area contributed by atoms with E-state index < -0.39 is 38.0 Å². The molecule has 0 saturated heterocycles. The summed E-state index contributed by atoms with van der Waals surface area (Å²) in [6, 6.07) is 5.58. The Kier molecular flexibility index (Phi) is 5.80. The molecular weight excluding hydrogens is 324 g/mol. The summed E-state index contributed by atoms with van der Waals surface area (Å²) in [5.74, 6) is -3.47. The van der Waals surface area contributed by atoms with E-state index in [4.69, 9.17) is 0 Å². The van der Waals surface area contributed by atoms with E-state index >= 15 is 0 Å². The quantitative estimate of drug-likeness (QED) is 0.340. The number of Topliss-reactive ketones (excluding diaryl/α,β-unsaturated/α-hetero) is 1. The first-order chi connectivity index (χ1) is 10.7. The van der Waals surface area contributed by atoms with Crippen LogP contribution < -0.4 is 0 Å².